The van der Waals surface area contributed by atoms with Gasteiger partial charge < -0.3 is 10.2 Å². The number of phenols is 2. The molecule has 4 aromatic carbocycles. The maximum atomic E-state index is 10.8. The van der Waals surface area contributed by atoms with Crippen molar-refractivity contribution in [3.05, 3.63) is 97.1 Å². The first-order valence-electron chi connectivity index (χ1n) is 8.50. The Balaban J connectivity index is 1.79. The number of phenolic OH excluding ortho intramolecular Hbond substituents is 2. The van der Waals surface area contributed by atoms with Gasteiger partial charge in [0, 0.05) is 16.7 Å². The molecule has 0 aliphatic heterocycles. The van der Waals surface area contributed by atoms with Gasteiger partial charge in [0.05, 0.1) is 0 Å². The van der Waals surface area contributed by atoms with Crippen LogP contribution in [-0.4, -0.2) is 10.2 Å². The van der Waals surface area contributed by atoms with E-state index in [0.29, 0.717) is 11.1 Å². The molecular formula is C24H18O2. The third kappa shape index (κ3) is 2.93. The van der Waals surface area contributed by atoms with Crippen molar-refractivity contribution in [3.8, 4) is 44.9 Å². The molecule has 0 aromatic heterocycles. The molecule has 2 nitrogen and oxygen atoms in total. The predicted octanol–water partition coefficient (Wildman–Crippen LogP) is 6.10. The van der Waals surface area contributed by atoms with Crippen LogP contribution in [0, 0.1) is 0 Å². The lowest BCUT2D eigenvalue weighted by Gasteiger charge is -2.12. The normalized spacial score (nSPS) is 10.6. The highest BCUT2D eigenvalue weighted by Gasteiger charge is 2.14. The van der Waals surface area contributed by atoms with Gasteiger partial charge in [0.1, 0.15) is 11.5 Å². The van der Waals surface area contributed by atoms with Gasteiger partial charge in [-0.1, -0.05) is 84.9 Å². The summed E-state index contributed by atoms with van der Waals surface area (Å²) in [4.78, 5) is 0. The Hall–Kier alpha value is -3.52. The van der Waals surface area contributed by atoms with Crippen molar-refractivity contribution in [1.82, 2.24) is 0 Å². The van der Waals surface area contributed by atoms with Crippen molar-refractivity contribution in [1.29, 1.82) is 0 Å². The predicted molar refractivity (Wildman–Crippen MR) is 106 cm³/mol. The van der Waals surface area contributed by atoms with Crippen LogP contribution in [0.4, 0.5) is 0 Å². The summed E-state index contributed by atoms with van der Waals surface area (Å²) in [5.74, 6) is 0.313. The number of aromatic hydroxyl groups is 2. The molecule has 0 aliphatic rings. The van der Waals surface area contributed by atoms with E-state index in [-0.39, 0.29) is 11.5 Å². The molecule has 0 radical (unpaired) electrons. The monoisotopic (exact) mass is 338 g/mol. The van der Waals surface area contributed by atoms with E-state index < -0.39 is 0 Å². The second kappa shape index (κ2) is 6.77. The first kappa shape index (κ1) is 16.0. The van der Waals surface area contributed by atoms with Crippen molar-refractivity contribution in [2.45, 2.75) is 0 Å². The summed E-state index contributed by atoms with van der Waals surface area (Å²) in [5.41, 5.74) is 4.88. The van der Waals surface area contributed by atoms with Gasteiger partial charge in [-0.3, -0.25) is 0 Å². The minimum atomic E-state index is 0.145. The quantitative estimate of drug-likeness (QED) is 0.474. The summed E-state index contributed by atoms with van der Waals surface area (Å²) in [7, 11) is 0. The molecule has 0 aliphatic carbocycles. The minimum absolute atomic E-state index is 0.145. The minimum Gasteiger partial charge on any atom is -0.507 e. The van der Waals surface area contributed by atoms with Crippen LogP contribution in [0.25, 0.3) is 33.4 Å². The fourth-order valence-electron chi connectivity index (χ4n) is 3.18. The van der Waals surface area contributed by atoms with E-state index in [9.17, 15) is 10.2 Å². The van der Waals surface area contributed by atoms with Crippen LogP contribution >= 0.6 is 0 Å². The van der Waals surface area contributed by atoms with Gasteiger partial charge in [-0.05, 0) is 28.8 Å². The molecule has 0 heterocycles. The molecule has 0 spiro atoms. The zero-order chi connectivity index (χ0) is 17.9. The van der Waals surface area contributed by atoms with Crippen LogP contribution in [0.15, 0.2) is 97.1 Å². The Morgan fingerprint density at radius 2 is 1.04 bits per heavy atom. The SMILES string of the molecule is Oc1cc(-c2ccccc2)ccc1-c1cccc(-c2ccccc2)c1O. The molecule has 126 valence electrons. The fourth-order valence-corrected chi connectivity index (χ4v) is 3.18. The zero-order valence-corrected chi connectivity index (χ0v) is 14.1. The molecule has 4 aromatic rings. The summed E-state index contributed by atoms with van der Waals surface area (Å²) in [6.07, 6.45) is 0. The van der Waals surface area contributed by atoms with Crippen molar-refractivity contribution >= 4 is 0 Å². The zero-order valence-electron chi connectivity index (χ0n) is 14.1. The number of para-hydroxylation sites is 1. The van der Waals surface area contributed by atoms with E-state index in [2.05, 4.69) is 0 Å². The Morgan fingerprint density at radius 3 is 1.69 bits per heavy atom. The van der Waals surface area contributed by atoms with Crippen LogP contribution in [-0.2, 0) is 0 Å². The largest absolute Gasteiger partial charge is 0.507 e. The third-order valence-electron chi connectivity index (χ3n) is 4.52. The second-order valence-corrected chi connectivity index (χ2v) is 6.17. The summed E-state index contributed by atoms with van der Waals surface area (Å²) in [6.45, 7) is 0. The van der Waals surface area contributed by atoms with E-state index in [1.54, 1.807) is 6.07 Å². The summed E-state index contributed by atoms with van der Waals surface area (Å²) < 4.78 is 0. The van der Waals surface area contributed by atoms with Crippen LogP contribution in [0.1, 0.15) is 0 Å². The number of hydrogen-bond donors (Lipinski definition) is 2. The number of rotatable bonds is 3. The lowest BCUT2D eigenvalue weighted by atomic mass is 9.95. The number of hydrogen-bond acceptors (Lipinski definition) is 2. The fraction of sp³-hybridized carbons (Fsp3) is 0. The molecule has 0 fully saturated rings. The Kier molecular flexibility index (Phi) is 4.16. The maximum absolute atomic E-state index is 10.8. The molecule has 4 rings (SSSR count). The smallest absolute Gasteiger partial charge is 0.131 e. The molecule has 0 unspecified atom stereocenters. The van der Waals surface area contributed by atoms with Crippen LogP contribution < -0.4 is 0 Å². The first-order chi connectivity index (χ1) is 12.7. The van der Waals surface area contributed by atoms with Crippen LogP contribution in [0.5, 0.6) is 11.5 Å². The summed E-state index contributed by atoms with van der Waals surface area (Å²) in [6, 6.07) is 30.8. The van der Waals surface area contributed by atoms with E-state index in [0.717, 1.165) is 22.3 Å². The Morgan fingerprint density at radius 1 is 0.423 bits per heavy atom. The first-order valence-corrected chi connectivity index (χ1v) is 8.50. The Bertz CT molecular complexity index is 1040. The number of benzene rings is 4. The van der Waals surface area contributed by atoms with E-state index >= 15 is 0 Å². The van der Waals surface area contributed by atoms with Gasteiger partial charge in [0.2, 0.25) is 0 Å². The van der Waals surface area contributed by atoms with E-state index in [1.807, 2.05) is 91.0 Å². The lowest BCUT2D eigenvalue weighted by Crippen LogP contribution is -1.86. The van der Waals surface area contributed by atoms with Crippen LogP contribution in [0.2, 0.25) is 0 Å². The topological polar surface area (TPSA) is 40.5 Å². The van der Waals surface area contributed by atoms with Crippen molar-refractivity contribution in [2.75, 3.05) is 0 Å². The third-order valence-corrected chi connectivity index (χ3v) is 4.52. The van der Waals surface area contributed by atoms with Crippen molar-refractivity contribution < 1.29 is 10.2 Å². The summed E-state index contributed by atoms with van der Waals surface area (Å²) >= 11 is 0. The molecule has 0 bridgehead atoms. The van der Waals surface area contributed by atoms with E-state index in [1.165, 1.54) is 0 Å². The lowest BCUT2D eigenvalue weighted by molar-refractivity contribution is 0.470. The highest BCUT2D eigenvalue weighted by Crippen LogP contribution is 2.42. The maximum Gasteiger partial charge on any atom is 0.131 e. The highest BCUT2D eigenvalue weighted by molar-refractivity contribution is 5.85. The van der Waals surface area contributed by atoms with Crippen molar-refractivity contribution in [2.24, 2.45) is 0 Å². The van der Waals surface area contributed by atoms with Gasteiger partial charge in [-0.15, -0.1) is 0 Å². The van der Waals surface area contributed by atoms with Gasteiger partial charge in [0.25, 0.3) is 0 Å². The second-order valence-electron chi connectivity index (χ2n) is 6.17. The molecule has 0 saturated carbocycles. The highest BCUT2D eigenvalue weighted by atomic mass is 16.3. The molecular weight excluding hydrogens is 320 g/mol. The standard InChI is InChI=1S/C24H18O2/c25-23-16-19(17-8-3-1-4-9-17)14-15-21(23)22-13-7-12-20(24(22)26)18-10-5-2-6-11-18/h1-16,25-26H. The molecule has 0 saturated heterocycles. The van der Waals surface area contributed by atoms with Gasteiger partial charge in [0.15, 0.2) is 0 Å². The average Bonchev–Trinajstić information content (AvgIpc) is 2.70. The molecule has 0 atom stereocenters. The van der Waals surface area contributed by atoms with Gasteiger partial charge in [-0.25, -0.2) is 0 Å². The van der Waals surface area contributed by atoms with Crippen LogP contribution in [0.3, 0.4) is 0 Å². The molecule has 26 heavy (non-hydrogen) atoms. The van der Waals surface area contributed by atoms with Gasteiger partial charge in [-0.2, -0.15) is 0 Å². The van der Waals surface area contributed by atoms with Crippen molar-refractivity contribution in [3.63, 3.8) is 0 Å². The van der Waals surface area contributed by atoms with Gasteiger partial charge >= 0.3 is 0 Å². The molecule has 0 amide bonds. The van der Waals surface area contributed by atoms with E-state index in [4.69, 9.17) is 0 Å². The molecule has 2 N–H and O–H groups in total. The molecule has 2 heteroatoms. The summed E-state index contributed by atoms with van der Waals surface area (Å²) in [5, 5.41) is 21.4. The Labute approximate surface area is 152 Å². The average molecular weight is 338 g/mol.